The number of benzene rings is 1. The van der Waals surface area contributed by atoms with E-state index in [1.54, 1.807) is 24.5 Å². The molecule has 0 fully saturated rings. The van der Waals surface area contributed by atoms with E-state index in [1.165, 1.54) is 6.92 Å². The van der Waals surface area contributed by atoms with Crippen LogP contribution in [0.25, 0.3) is 0 Å². The van der Waals surface area contributed by atoms with E-state index in [9.17, 15) is 14.4 Å². The third-order valence-electron chi connectivity index (χ3n) is 5.09. The van der Waals surface area contributed by atoms with Crippen molar-refractivity contribution < 1.29 is 23.5 Å². The van der Waals surface area contributed by atoms with Gasteiger partial charge in [0.25, 0.3) is 0 Å². The highest BCUT2D eigenvalue weighted by Gasteiger charge is 2.19. The van der Waals surface area contributed by atoms with Crippen LogP contribution in [-0.4, -0.2) is 35.4 Å². The molecule has 3 aromatic rings. The van der Waals surface area contributed by atoms with Gasteiger partial charge in [-0.3, -0.25) is 9.59 Å². The van der Waals surface area contributed by atoms with Crippen molar-refractivity contribution in [2.75, 3.05) is 13.2 Å². The first-order chi connectivity index (χ1) is 14.8. The molecule has 0 aliphatic carbocycles. The van der Waals surface area contributed by atoms with Crippen LogP contribution in [-0.2, 0) is 22.5 Å². The number of nitrogens with zero attached hydrogens (tertiary/aromatic N) is 1. The van der Waals surface area contributed by atoms with Crippen molar-refractivity contribution in [2.45, 2.75) is 33.7 Å². The van der Waals surface area contributed by atoms with Crippen LogP contribution >= 0.6 is 0 Å². The summed E-state index contributed by atoms with van der Waals surface area (Å²) in [6.07, 6.45) is 2.29. The number of ether oxygens (including phenoxy) is 1. The molecule has 1 N–H and O–H groups in total. The Hall–Kier alpha value is -3.61. The summed E-state index contributed by atoms with van der Waals surface area (Å²) >= 11 is 0. The first-order valence-corrected chi connectivity index (χ1v) is 10.1. The van der Waals surface area contributed by atoms with Gasteiger partial charge in [0.05, 0.1) is 18.4 Å². The summed E-state index contributed by atoms with van der Waals surface area (Å²) in [5, 5.41) is 2.73. The number of ketones is 1. The van der Waals surface area contributed by atoms with Gasteiger partial charge in [-0.25, -0.2) is 4.79 Å². The number of rotatable bonds is 9. The van der Waals surface area contributed by atoms with E-state index < -0.39 is 5.97 Å². The fourth-order valence-corrected chi connectivity index (χ4v) is 3.34. The molecule has 0 unspecified atom stereocenters. The average molecular weight is 422 g/mol. The lowest BCUT2D eigenvalue weighted by Gasteiger charge is -2.08. The van der Waals surface area contributed by atoms with Gasteiger partial charge in [0.1, 0.15) is 5.76 Å². The van der Waals surface area contributed by atoms with Crippen LogP contribution in [0.3, 0.4) is 0 Å². The molecule has 0 atom stereocenters. The molecule has 0 radical (unpaired) electrons. The van der Waals surface area contributed by atoms with E-state index in [-0.39, 0.29) is 18.3 Å². The second kappa shape index (κ2) is 9.93. The molecule has 0 saturated carbocycles. The standard InChI is InChI=1S/C24H26N2O5/c1-16-13-22(17(2)26(16)14-21-5-4-12-30-21)24(29)31-15-23(28)20-8-6-19(7-9-20)10-11-25-18(3)27/h4-9,12-13H,10-11,14-15H2,1-3H3,(H,25,27). The SMILES string of the molecule is CC(=O)NCCc1ccc(C(=O)COC(=O)c2cc(C)n(Cc3ccco3)c2C)cc1. The summed E-state index contributed by atoms with van der Waals surface area (Å²) in [7, 11) is 0. The fraction of sp³-hybridized carbons (Fsp3) is 0.292. The molecule has 2 heterocycles. The van der Waals surface area contributed by atoms with Gasteiger partial charge in [-0.2, -0.15) is 0 Å². The molecule has 1 aromatic carbocycles. The van der Waals surface area contributed by atoms with Gasteiger partial charge in [0.15, 0.2) is 12.4 Å². The minimum atomic E-state index is -0.529. The molecule has 31 heavy (non-hydrogen) atoms. The number of hydrogen-bond donors (Lipinski definition) is 1. The third-order valence-corrected chi connectivity index (χ3v) is 5.09. The number of nitrogens with one attached hydrogen (secondary N) is 1. The van der Waals surface area contributed by atoms with Crippen molar-refractivity contribution >= 4 is 17.7 Å². The van der Waals surface area contributed by atoms with Crippen LogP contribution in [0.15, 0.2) is 53.1 Å². The Bertz CT molecular complexity index is 1060. The molecule has 1 amide bonds. The van der Waals surface area contributed by atoms with Crippen LogP contribution in [0, 0.1) is 13.8 Å². The van der Waals surface area contributed by atoms with Gasteiger partial charge in [-0.1, -0.05) is 24.3 Å². The Morgan fingerprint density at radius 2 is 1.84 bits per heavy atom. The second-order valence-corrected chi connectivity index (χ2v) is 7.38. The molecule has 2 aromatic heterocycles. The number of amides is 1. The average Bonchev–Trinajstić information content (AvgIpc) is 3.36. The van der Waals surface area contributed by atoms with E-state index in [2.05, 4.69) is 5.32 Å². The van der Waals surface area contributed by atoms with Gasteiger partial charge in [-0.15, -0.1) is 0 Å². The predicted molar refractivity (Wildman–Crippen MR) is 115 cm³/mol. The zero-order chi connectivity index (χ0) is 22.4. The molecule has 3 rings (SSSR count). The van der Waals surface area contributed by atoms with Crippen molar-refractivity contribution in [3.8, 4) is 0 Å². The maximum absolute atomic E-state index is 12.6. The number of esters is 1. The number of furan rings is 1. The van der Waals surface area contributed by atoms with E-state index in [4.69, 9.17) is 9.15 Å². The van der Waals surface area contributed by atoms with Crippen LogP contribution in [0.2, 0.25) is 0 Å². The van der Waals surface area contributed by atoms with Crippen LogP contribution in [0.1, 0.15) is 50.4 Å². The third kappa shape index (κ3) is 5.72. The summed E-state index contributed by atoms with van der Waals surface area (Å²) in [6, 6.07) is 12.5. The molecule has 7 nitrogen and oxygen atoms in total. The fourth-order valence-electron chi connectivity index (χ4n) is 3.34. The number of aryl methyl sites for hydroxylation is 1. The molecule has 162 valence electrons. The lowest BCUT2D eigenvalue weighted by molar-refractivity contribution is -0.118. The molecule has 0 aliphatic heterocycles. The number of carbonyl (C=O) groups excluding carboxylic acids is 3. The highest BCUT2D eigenvalue weighted by molar-refractivity contribution is 5.99. The van der Waals surface area contributed by atoms with Crippen molar-refractivity contribution in [1.29, 1.82) is 0 Å². The minimum Gasteiger partial charge on any atom is -0.467 e. The Balaban J connectivity index is 1.57. The summed E-state index contributed by atoms with van der Waals surface area (Å²) in [5.41, 5.74) is 3.58. The first-order valence-electron chi connectivity index (χ1n) is 10.1. The van der Waals surface area contributed by atoms with Gasteiger partial charge in [0, 0.05) is 30.4 Å². The van der Waals surface area contributed by atoms with E-state index >= 15 is 0 Å². The van der Waals surface area contributed by atoms with E-state index in [1.807, 2.05) is 42.7 Å². The van der Waals surface area contributed by atoms with Crippen LogP contribution in [0.4, 0.5) is 0 Å². The Morgan fingerprint density at radius 1 is 1.10 bits per heavy atom. The van der Waals surface area contributed by atoms with Gasteiger partial charge < -0.3 is 19.0 Å². The topological polar surface area (TPSA) is 90.5 Å². The quantitative estimate of drug-likeness (QED) is 0.421. The van der Waals surface area contributed by atoms with Crippen LogP contribution in [0.5, 0.6) is 0 Å². The zero-order valence-electron chi connectivity index (χ0n) is 17.9. The molecular weight excluding hydrogens is 396 g/mol. The largest absolute Gasteiger partial charge is 0.467 e. The lowest BCUT2D eigenvalue weighted by Crippen LogP contribution is -2.22. The number of carbonyl (C=O) groups is 3. The van der Waals surface area contributed by atoms with E-state index in [0.717, 1.165) is 22.7 Å². The Kier molecular flexibility index (Phi) is 7.07. The minimum absolute atomic E-state index is 0.0737. The van der Waals surface area contributed by atoms with Gasteiger partial charge >= 0.3 is 5.97 Å². The van der Waals surface area contributed by atoms with Crippen molar-refractivity contribution in [3.63, 3.8) is 0 Å². The van der Waals surface area contributed by atoms with Crippen molar-refractivity contribution in [3.05, 3.63) is 82.6 Å². The normalized spacial score (nSPS) is 10.7. The zero-order valence-corrected chi connectivity index (χ0v) is 17.9. The number of Topliss-reactive ketones (excluding diaryl/α,β-unsaturated/α-hetero) is 1. The summed E-state index contributed by atoms with van der Waals surface area (Å²) < 4.78 is 12.6. The summed E-state index contributed by atoms with van der Waals surface area (Å²) in [5.74, 6) is -0.0852. The number of hydrogen-bond acceptors (Lipinski definition) is 5. The highest BCUT2D eigenvalue weighted by atomic mass is 16.5. The first kappa shape index (κ1) is 22.1. The molecular formula is C24H26N2O5. The Labute approximate surface area is 181 Å². The molecule has 0 aliphatic rings. The molecule has 0 bridgehead atoms. The van der Waals surface area contributed by atoms with Gasteiger partial charge in [0.2, 0.25) is 5.91 Å². The Morgan fingerprint density at radius 3 is 2.48 bits per heavy atom. The predicted octanol–water partition coefficient (Wildman–Crippen LogP) is 3.46. The van der Waals surface area contributed by atoms with Crippen LogP contribution < -0.4 is 5.32 Å². The van der Waals surface area contributed by atoms with E-state index in [0.29, 0.717) is 30.6 Å². The summed E-state index contributed by atoms with van der Waals surface area (Å²) in [4.78, 5) is 35.9. The van der Waals surface area contributed by atoms with Crippen molar-refractivity contribution in [1.82, 2.24) is 9.88 Å². The molecule has 0 saturated heterocycles. The number of aromatic nitrogens is 1. The maximum atomic E-state index is 12.6. The van der Waals surface area contributed by atoms with Gasteiger partial charge in [-0.05, 0) is 44.0 Å². The summed E-state index contributed by atoms with van der Waals surface area (Å²) in [6.45, 7) is 5.95. The maximum Gasteiger partial charge on any atom is 0.340 e. The second-order valence-electron chi connectivity index (χ2n) is 7.38. The van der Waals surface area contributed by atoms with Crippen molar-refractivity contribution in [2.24, 2.45) is 0 Å². The molecule has 0 spiro atoms. The lowest BCUT2D eigenvalue weighted by atomic mass is 10.1. The smallest absolute Gasteiger partial charge is 0.340 e. The highest BCUT2D eigenvalue weighted by Crippen LogP contribution is 2.18. The monoisotopic (exact) mass is 422 g/mol. The molecule has 7 heteroatoms.